The predicted molar refractivity (Wildman–Crippen MR) is 160 cm³/mol. The number of hydrogen-bond donors (Lipinski definition) is 1. The van der Waals surface area contributed by atoms with Gasteiger partial charge in [-0.2, -0.15) is 0 Å². The Morgan fingerprint density at radius 2 is 1.64 bits per heavy atom. The van der Waals surface area contributed by atoms with Gasteiger partial charge in [-0.05, 0) is 87.2 Å². The van der Waals surface area contributed by atoms with Crippen molar-refractivity contribution < 1.29 is 23.5 Å². The van der Waals surface area contributed by atoms with Crippen molar-refractivity contribution in [3.63, 3.8) is 0 Å². The SMILES string of the molecule is COc1ccc(C(=O)C2C(C(=O)c3ccc(F)cc3)C3(C(=O)Nc4ccccc43)C3c4ccccc4C=CN23)cc1Br. The summed E-state index contributed by atoms with van der Waals surface area (Å²) in [5, 5.41) is 3.03. The molecule has 1 spiro atoms. The molecule has 4 atom stereocenters. The molecular weight excluding hydrogens is 599 g/mol. The van der Waals surface area contributed by atoms with E-state index in [1.165, 1.54) is 31.4 Å². The zero-order chi connectivity index (χ0) is 29.2. The Morgan fingerprint density at radius 1 is 0.929 bits per heavy atom. The minimum Gasteiger partial charge on any atom is -0.496 e. The summed E-state index contributed by atoms with van der Waals surface area (Å²) in [6, 6.07) is 23.6. The number of benzene rings is 4. The highest BCUT2D eigenvalue weighted by Gasteiger charge is 2.70. The van der Waals surface area contributed by atoms with Crippen molar-refractivity contribution in [3.05, 3.63) is 135 Å². The second-order valence-electron chi connectivity index (χ2n) is 10.7. The normalized spacial score (nSPS) is 23.3. The van der Waals surface area contributed by atoms with Crippen molar-refractivity contribution >= 4 is 45.2 Å². The van der Waals surface area contributed by atoms with E-state index in [0.29, 0.717) is 27.0 Å². The zero-order valence-corrected chi connectivity index (χ0v) is 24.0. The Kier molecular flexibility index (Phi) is 6.13. The van der Waals surface area contributed by atoms with Gasteiger partial charge in [0.2, 0.25) is 5.91 Å². The molecule has 8 heteroatoms. The summed E-state index contributed by atoms with van der Waals surface area (Å²) < 4.78 is 19.9. The van der Waals surface area contributed by atoms with Crippen LogP contribution in [0, 0.1) is 11.7 Å². The van der Waals surface area contributed by atoms with Crippen LogP contribution >= 0.6 is 15.9 Å². The number of nitrogens with one attached hydrogen (secondary N) is 1. The molecule has 42 heavy (non-hydrogen) atoms. The largest absolute Gasteiger partial charge is 0.496 e. The topological polar surface area (TPSA) is 75.7 Å². The molecule has 1 amide bonds. The molecule has 3 heterocycles. The maximum absolute atomic E-state index is 14.7. The molecule has 1 N–H and O–H groups in total. The second-order valence-corrected chi connectivity index (χ2v) is 11.5. The van der Waals surface area contributed by atoms with Gasteiger partial charge in [0.15, 0.2) is 11.6 Å². The van der Waals surface area contributed by atoms with E-state index < -0.39 is 35.0 Å². The molecule has 1 fully saturated rings. The zero-order valence-electron chi connectivity index (χ0n) is 22.4. The van der Waals surface area contributed by atoms with Crippen molar-refractivity contribution in [2.75, 3.05) is 12.4 Å². The number of ketones is 2. The summed E-state index contributed by atoms with van der Waals surface area (Å²) in [5.74, 6) is -2.14. The first-order valence-corrected chi connectivity index (χ1v) is 14.3. The van der Waals surface area contributed by atoms with Crippen LogP contribution in [0.15, 0.2) is 102 Å². The fourth-order valence-corrected chi connectivity index (χ4v) is 7.49. The molecule has 0 saturated carbocycles. The number of carbonyl (C=O) groups is 3. The second kappa shape index (κ2) is 9.77. The van der Waals surface area contributed by atoms with Gasteiger partial charge in [-0.15, -0.1) is 0 Å². The summed E-state index contributed by atoms with van der Waals surface area (Å²) in [4.78, 5) is 45.7. The minimum atomic E-state index is -1.45. The van der Waals surface area contributed by atoms with Gasteiger partial charge in [0.1, 0.15) is 23.0 Å². The highest BCUT2D eigenvalue weighted by molar-refractivity contribution is 9.10. The molecule has 7 rings (SSSR count). The Bertz CT molecular complexity index is 1820. The van der Waals surface area contributed by atoms with Crippen LogP contribution in [0.1, 0.15) is 43.4 Å². The van der Waals surface area contributed by atoms with Crippen LogP contribution in [0.2, 0.25) is 0 Å². The number of fused-ring (bicyclic) bond motifs is 6. The lowest BCUT2D eigenvalue weighted by Gasteiger charge is -2.38. The quantitative estimate of drug-likeness (QED) is 0.255. The van der Waals surface area contributed by atoms with Crippen molar-refractivity contribution in [3.8, 4) is 5.75 Å². The number of halogens is 2. The average molecular weight is 623 g/mol. The summed E-state index contributed by atoms with van der Waals surface area (Å²) in [6.07, 6.45) is 3.73. The molecule has 4 unspecified atom stereocenters. The number of methoxy groups -OCH3 is 1. The number of Topliss-reactive ketones (excluding diaryl/α,β-unsaturated/α-hetero) is 2. The Labute approximate surface area is 249 Å². The number of hydrogen-bond acceptors (Lipinski definition) is 5. The number of anilines is 1. The van der Waals surface area contributed by atoms with E-state index in [-0.39, 0.29) is 17.3 Å². The van der Waals surface area contributed by atoms with E-state index in [0.717, 1.165) is 11.1 Å². The van der Waals surface area contributed by atoms with Crippen LogP contribution in [0.4, 0.5) is 10.1 Å². The molecule has 3 aliphatic heterocycles. The van der Waals surface area contributed by atoms with Gasteiger partial charge in [0, 0.05) is 23.0 Å². The maximum Gasteiger partial charge on any atom is 0.238 e. The fraction of sp³-hybridized carbons (Fsp3) is 0.147. The van der Waals surface area contributed by atoms with E-state index in [1.54, 1.807) is 18.2 Å². The monoisotopic (exact) mass is 622 g/mol. The Morgan fingerprint density at radius 3 is 2.40 bits per heavy atom. The molecular formula is C34H24BrFN2O4. The molecule has 0 bridgehead atoms. The van der Waals surface area contributed by atoms with Gasteiger partial charge < -0.3 is 15.0 Å². The molecule has 0 aromatic heterocycles. The average Bonchev–Trinajstić information content (AvgIpc) is 3.49. The third-order valence-corrected chi connectivity index (χ3v) is 9.31. The smallest absolute Gasteiger partial charge is 0.238 e. The number of rotatable bonds is 5. The maximum atomic E-state index is 14.7. The minimum absolute atomic E-state index is 0.226. The van der Waals surface area contributed by atoms with Crippen LogP contribution < -0.4 is 10.1 Å². The third kappa shape index (κ3) is 3.64. The van der Waals surface area contributed by atoms with Gasteiger partial charge in [-0.1, -0.05) is 42.5 Å². The number of nitrogens with zero attached hydrogens (tertiary/aromatic N) is 1. The first-order valence-electron chi connectivity index (χ1n) is 13.5. The lowest BCUT2D eigenvalue weighted by molar-refractivity contribution is -0.122. The van der Waals surface area contributed by atoms with Gasteiger partial charge in [-0.3, -0.25) is 14.4 Å². The van der Waals surface area contributed by atoms with E-state index in [4.69, 9.17) is 4.74 Å². The number of carbonyl (C=O) groups excluding carboxylic acids is 3. The summed E-state index contributed by atoms with van der Waals surface area (Å²) in [7, 11) is 1.54. The molecule has 0 radical (unpaired) electrons. The van der Waals surface area contributed by atoms with E-state index >= 15 is 0 Å². The molecule has 4 aromatic carbocycles. The molecule has 0 aliphatic carbocycles. The van der Waals surface area contributed by atoms with Gasteiger partial charge in [-0.25, -0.2) is 4.39 Å². The van der Waals surface area contributed by atoms with Crippen LogP contribution in [0.25, 0.3) is 6.08 Å². The van der Waals surface area contributed by atoms with Crippen molar-refractivity contribution in [1.29, 1.82) is 0 Å². The first-order chi connectivity index (χ1) is 20.4. The molecule has 1 saturated heterocycles. The molecule has 208 valence electrons. The van der Waals surface area contributed by atoms with E-state index in [1.807, 2.05) is 65.7 Å². The summed E-state index contributed by atoms with van der Waals surface area (Å²) >= 11 is 3.48. The van der Waals surface area contributed by atoms with E-state index in [9.17, 15) is 18.8 Å². The first kappa shape index (κ1) is 26.3. The number of para-hydroxylation sites is 1. The third-order valence-electron chi connectivity index (χ3n) is 8.69. The molecule has 6 nitrogen and oxygen atoms in total. The lowest BCUT2D eigenvalue weighted by Crippen LogP contribution is -2.49. The van der Waals surface area contributed by atoms with Crippen LogP contribution in [-0.2, 0) is 10.2 Å². The van der Waals surface area contributed by atoms with Crippen LogP contribution in [0.5, 0.6) is 5.75 Å². The van der Waals surface area contributed by atoms with Crippen molar-refractivity contribution in [2.24, 2.45) is 5.92 Å². The number of ether oxygens (including phenoxy) is 1. The van der Waals surface area contributed by atoms with Crippen molar-refractivity contribution in [2.45, 2.75) is 17.5 Å². The predicted octanol–water partition coefficient (Wildman–Crippen LogP) is 6.58. The molecule has 3 aliphatic rings. The van der Waals surface area contributed by atoms with Gasteiger partial charge in [0.05, 0.1) is 23.5 Å². The van der Waals surface area contributed by atoms with Gasteiger partial charge >= 0.3 is 0 Å². The summed E-state index contributed by atoms with van der Waals surface area (Å²) in [6.45, 7) is 0. The summed E-state index contributed by atoms with van der Waals surface area (Å²) in [5.41, 5.74) is 2.14. The Hall–Kier alpha value is -4.56. The highest BCUT2D eigenvalue weighted by atomic mass is 79.9. The standard InChI is InChI=1S/C34H24BrFN2O4/c1-42-27-15-12-21(18-25(27)35)31(40)29-28(30(39)20-10-13-22(36)14-11-20)34(24-8-4-5-9-26(24)37-33(34)41)32-23-7-3-2-6-19(23)16-17-38(29)32/h2-18,28-29,32H,1H3,(H,37,41). The van der Waals surface area contributed by atoms with Gasteiger partial charge in [0.25, 0.3) is 0 Å². The van der Waals surface area contributed by atoms with Crippen LogP contribution in [-0.4, -0.2) is 35.5 Å². The highest BCUT2D eigenvalue weighted by Crippen LogP contribution is 2.62. The molecule has 4 aromatic rings. The number of amides is 1. The lowest BCUT2D eigenvalue weighted by atomic mass is 9.62. The van der Waals surface area contributed by atoms with E-state index in [2.05, 4.69) is 21.2 Å². The van der Waals surface area contributed by atoms with Crippen LogP contribution in [0.3, 0.4) is 0 Å². The fourth-order valence-electron chi connectivity index (χ4n) is 6.95. The van der Waals surface area contributed by atoms with Crippen molar-refractivity contribution in [1.82, 2.24) is 4.90 Å². The Balaban J connectivity index is 1.52.